The maximum absolute atomic E-state index is 12.3. The molecule has 0 spiro atoms. The van der Waals surface area contributed by atoms with E-state index in [-0.39, 0.29) is 12.5 Å². The van der Waals surface area contributed by atoms with E-state index in [0.29, 0.717) is 13.0 Å². The van der Waals surface area contributed by atoms with E-state index in [2.05, 4.69) is 4.98 Å². The number of hydrogen-bond donors (Lipinski definition) is 0. The third kappa shape index (κ3) is 5.73. The first-order valence-electron chi connectivity index (χ1n) is 7.12. The Balaban J connectivity index is 2.66. The number of hydrogen-bond acceptors (Lipinski definition) is 4. The molecule has 124 valence electrons. The minimum Gasteiger partial charge on any atom is -0.344 e. The molecular weight excluding hydrogens is 302 g/mol. The van der Waals surface area contributed by atoms with E-state index in [1.807, 2.05) is 12.1 Å². The topological polar surface area (TPSA) is 70.6 Å². The Kier molecular flexibility index (Phi) is 6.08. The summed E-state index contributed by atoms with van der Waals surface area (Å²) < 4.78 is 25.0. The summed E-state index contributed by atoms with van der Waals surface area (Å²) in [4.78, 5) is 17.8. The van der Waals surface area contributed by atoms with Crippen LogP contribution < -0.4 is 0 Å². The van der Waals surface area contributed by atoms with Crippen molar-refractivity contribution in [2.24, 2.45) is 0 Å². The van der Waals surface area contributed by atoms with Gasteiger partial charge in [0.05, 0.1) is 12.8 Å². The number of nitrogens with zero attached hydrogens (tertiary/aromatic N) is 3. The van der Waals surface area contributed by atoms with Crippen molar-refractivity contribution in [3.63, 3.8) is 0 Å². The molecule has 0 aromatic carbocycles. The molecular formula is C15H25N3O3S. The average Bonchev–Trinajstić information content (AvgIpc) is 2.40. The number of aromatic nitrogens is 1. The smallest absolute Gasteiger partial charge is 0.237 e. The molecule has 0 aliphatic rings. The van der Waals surface area contributed by atoms with Gasteiger partial charge >= 0.3 is 0 Å². The maximum Gasteiger partial charge on any atom is 0.237 e. The van der Waals surface area contributed by atoms with Crippen LogP contribution in [0.1, 0.15) is 26.3 Å². The van der Waals surface area contributed by atoms with Crippen LogP contribution in [0.2, 0.25) is 0 Å². The van der Waals surface area contributed by atoms with Crippen LogP contribution >= 0.6 is 0 Å². The molecule has 22 heavy (non-hydrogen) atoms. The van der Waals surface area contributed by atoms with E-state index in [1.165, 1.54) is 4.31 Å². The van der Waals surface area contributed by atoms with Gasteiger partial charge in [0.1, 0.15) is 0 Å². The summed E-state index contributed by atoms with van der Waals surface area (Å²) in [6.45, 7) is 5.72. The van der Waals surface area contributed by atoms with E-state index in [9.17, 15) is 13.2 Å². The predicted molar refractivity (Wildman–Crippen MR) is 86.9 cm³/mol. The largest absolute Gasteiger partial charge is 0.344 e. The summed E-state index contributed by atoms with van der Waals surface area (Å²) >= 11 is 0. The van der Waals surface area contributed by atoms with Gasteiger partial charge in [-0.05, 0) is 44.9 Å². The minimum atomic E-state index is -3.44. The number of likely N-dealkylation sites (N-methyl/N-ethyl adjacent to an activating group) is 1. The van der Waals surface area contributed by atoms with Crippen LogP contribution in [-0.2, 0) is 21.2 Å². The Hall–Kier alpha value is -1.47. The highest BCUT2D eigenvalue weighted by Crippen LogP contribution is 2.17. The second kappa shape index (κ2) is 7.19. The lowest BCUT2D eigenvalue weighted by molar-refractivity contribution is -0.130. The van der Waals surface area contributed by atoms with E-state index in [4.69, 9.17) is 0 Å². The van der Waals surface area contributed by atoms with Crippen LogP contribution in [-0.4, -0.2) is 60.4 Å². The molecule has 7 heteroatoms. The quantitative estimate of drug-likeness (QED) is 0.786. The second-order valence-electron chi connectivity index (χ2n) is 6.36. The molecule has 0 N–H and O–H groups in total. The monoisotopic (exact) mass is 327 g/mol. The van der Waals surface area contributed by atoms with E-state index >= 15 is 0 Å². The SMILES string of the molecule is CN(CCc1ccncc1)C(=O)CN(C(C)(C)C)S(C)(=O)=O. The number of sulfonamides is 1. The molecule has 0 unspecified atom stereocenters. The molecule has 0 atom stereocenters. The Morgan fingerprint density at radius 3 is 2.23 bits per heavy atom. The van der Waals surface area contributed by atoms with Gasteiger partial charge in [-0.3, -0.25) is 9.78 Å². The van der Waals surface area contributed by atoms with Crippen molar-refractivity contribution in [1.82, 2.24) is 14.2 Å². The second-order valence-corrected chi connectivity index (χ2v) is 8.27. The first-order chi connectivity index (χ1) is 10.0. The summed E-state index contributed by atoms with van der Waals surface area (Å²) in [5, 5.41) is 0. The van der Waals surface area contributed by atoms with Crippen LogP contribution in [0.15, 0.2) is 24.5 Å². The van der Waals surface area contributed by atoms with Gasteiger partial charge in [-0.2, -0.15) is 4.31 Å². The van der Waals surface area contributed by atoms with Gasteiger partial charge < -0.3 is 4.90 Å². The molecule has 1 aromatic heterocycles. The van der Waals surface area contributed by atoms with Gasteiger partial charge in [0, 0.05) is 31.5 Å². The molecule has 1 rings (SSSR count). The van der Waals surface area contributed by atoms with Gasteiger partial charge in [-0.15, -0.1) is 0 Å². The highest BCUT2D eigenvalue weighted by atomic mass is 32.2. The third-order valence-corrected chi connectivity index (χ3v) is 4.82. The van der Waals surface area contributed by atoms with Crippen LogP contribution in [0.3, 0.4) is 0 Å². The fourth-order valence-corrected chi connectivity index (χ4v) is 3.41. The van der Waals surface area contributed by atoms with E-state index in [1.54, 1.807) is 45.1 Å². The Morgan fingerprint density at radius 1 is 1.23 bits per heavy atom. The fourth-order valence-electron chi connectivity index (χ4n) is 2.07. The minimum absolute atomic E-state index is 0.144. The summed E-state index contributed by atoms with van der Waals surface area (Å²) in [6.07, 6.45) is 5.26. The molecule has 0 fully saturated rings. The fraction of sp³-hybridized carbons (Fsp3) is 0.600. The Morgan fingerprint density at radius 2 is 1.77 bits per heavy atom. The molecule has 0 aliphatic carbocycles. The maximum atomic E-state index is 12.3. The summed E-state index contributed by atoms with van der Waals surface area (Å²) in [6, 6.07) is 3.80. The normalized spacial score (nSPS) is 12.5. The van der Waals surface area contributed by atoms with Crippen molar-refractivity contribution in [2.75, 3.05) is 26.4 Å². The van der Waals surface area contributed by atoms with Crippen molar-refractivity contribution >= 4 is 15.9 Å². The molecule has 0 radical (unpaired) electrons. The zero-order valence-corrected chi connectivity index (χ0v) is 14.7. The summed E-state index contributed by atoms with van der Waals surface area (Å²) in [5.41, 5.74) is 0.459. The number of carbonyl (C=O) groups excluding carboxylic acids is 1. The zero-order chi connectivity index (χ0) is 17.0. The van der Waals surface area contributed by atoms with Gasteiger partial charge in [0.25, 0.3) is 0 Å². The lowest BCUT2D eigenvalue weighted by atomic mass is 10.1. The highest BCUT2D eigenvalue weighted by Gasteiger charge is 2.32. The zero-order valence-electron chi connectivity index (χ0n) is 13.9. The van der Waals surface area contributed by atoms with Crippen LogP contribution in [0.5, 0.6) is 0 Å². The van der Waals surface area contributed by atoms with E-state index in [0.717, 1.165) is 11.8 Å². The third-order valence-electron chi connectivity index (χ3n) is 3.34. The standard InChI is InChI=1S/C15H25N3O3S/c1-15(2,3)18(22(5,20)21)12-14(19)17(4)11-8-13-6-9-16-10-7-13/h6-7,9-10H,8,11-12H2,1-5H3. The molecule has 0 aliphatic heterocycles. The first-order valence-corrected chi connectivity index (χ1v) is 8.97. The van der Waals surface area contributed by atoms with Gasteiger partial charge in [-0.25, -0.2) is 8.42 Å². The summed E-state index contributed by atoms with van der Waals surface area (Å²) in [7, 11) is -1.75. The van der Waals surface area contributed by atoms with Crippen LogP contribution in [0.4, 0.5) is 0 Å². The predicted octanol–water partition coefficient (Wildman–Crippen LogP) is 1.14. The Labute approximate surface area is 133 Å². The molecule has 1 heterocycles. The average molecular weight is 327 g/mol. The molecule has 0 saturated carbocycles. The van der Waals surface area contributed by atoms with Gasteiger partial charge in [-0.1, -0.05) is 0 Å². The van der Waals surface area contributed by atoms with Gasteiger partial charge in [0.15, 0.2) is 0 Å². The lowest BCUT2D eigenvalue weighted by Crippen LogP contribution is -2.50. The summed E-state index contributed by atoms with van der Waals surface area (Å²) in [5.74, 6) is -0.214. The number of pyridine rings is 1. The van der Waals surface area contributed by atoms with Crippen molar-refractivity contribution in [3.05, 3.63) is 30.1 Å². The van der Waals surface area contributed by atoms with Crippen LogP contribution in [0, 0.1) is 0 Å². The van der Waals surface area contributed by atoms with Gasteiger partial charge in [0.2, 0.25) is 15.9 Å². The molecule has 0 bridgehead atoms. The van der Waals surface area contributed by atoms with E-state index < -0.39 is 15.6 Å². The Bertz CT molecular complexity index is 594. The van der Waals surface area contributed by atoms with Crippen LogP contribution in [0.25, 0.3) is 0 Å². The molecule has 0 saturated heterocycles. The van der Waals surface area contributed by atoms with Crippen molar-refractivity contribution in [2.45, 2.75) is 32.7 Å². The highest BCUT2D eigenvalue weighted by molar-refractivity contribution is 7.88. The first kappa shape index (κ1) is 18.6. The molecule has 6 nitrogen and oxygen atoms in total. The number of rotatable bonds is 6. The lowest BCUT2D eigenvalue weighted by Gasteiger charge is -2.33. The number of carbonyl (C=O) groups is 1. The molecule has 1 aromatic rings. The van der Waals surface area contributed by atoms with Crippen molar-refractivity contribution < 1.29 is 13.2 Å². The molecule has 1 amide bonds. The number of amides is 1. The van der Waals surface area contributed by atoms with Crippen molar-refractivity contribution in [1.29, 1.82) is 0 Å². The van der Waals surface area contributed by atoms with Crippen molar-refractivity contribution in [3.8, 4) is 0 Å².